The van der Waals surface area contributed by atoms with Crippen LogP contribution in [0, 0.1) is 6.92 Å². The second-order valence-corrected chi connectivity index (χ2v) is 22.8. The van der Waals surface area contributed by atoms with Crippen molar-refractivity contribution < 1.29 is 4.42 Å². The fraction of sp³-hybridized carbons (Fsp3) is 0.0164. The first kappa shape index (κ1) is 37.8. The number of anilines is 3. The molecule has 0 aliphatic carbocycles. The van der Waals surface area contributed by atoms with Crippen LogP contribution in [0.15, 0.2) is 239 Å². The van der Waals surface area contributed by atoms with Crippen LogP contribution in [0.25, 0.3) is 55.3 Å². The van der Waals surface area contributed by atoms with Crippen molar-refractivity contribution >= 4 is 103 Å². The van der Waals surface area contributed by atoms with Crippen molar-refractivity contribution in [1.29, 1.82) is 0 Å². The lowest BCUT2D eigenvalue weighted by atomic mass is 9.34. The molecule has 0 N–H and O–H groups in total. The van der Waals surface area contributed by atoms with Gasteiger partial charge >= 0.3 is 0 Å². The minimum Gasteiger partial charge on any atom is -0.456 e. The third-order valence-corrected chi connectivity index (χ3v) is 20.4. The Labute approximate surface area is 389 Å². The maximum atomic E-state index is 6.25. The van der Waals surface area contributed by atoms with Gasteiger partial charge in [0.2, 0.25) is 6.71 Å². The average Bonchev–Trinajstić information content (AvgIpc) is 3.89. The quantitative estimate of drug-likeness (QED) is 0.160. The SMILES string of the molecule is Cc1cc2c3c(c1)N(c1ccccc1-c1ccccc1)c1cc4c(cc1B3c1ccc(-c3ccc5oc6ccccc6c5c3)cc1S2)[Si](c1ccccc1)(c1ccccc1)c1ccccc1-4. The molecule has 1 aromatic heterocycles. The highest BCUT2D eigenvalue weighted by atomic mass is 32.2. The summed E-state index contributed by atoms with van der Waals surface area (Å²) in [7, 11) is -2.80. The van der Waals surface area contributed by atoms with Crippen molar-refractivity contribution in [3.63, 3.8) is 0 Å². The largest absolute Gasteiger partial charge is 0.456 e. The Hall–Kier alpha value is -7.57. The monoisotopic (exact) mass is 873 g/mol. The Bertz CT molecular complexity index is 3730. The van der Waals surface area contributed by atoms with E-state index in [1.54, 1.807) is 0 Å². The van der Waals surface area contributed by atoms with Gasteiger partial charge in [-0.15, -0.1) is 0 Å². The van der Waals surface area contributed by atoms with E-state index in [9.17, 15) is 0 Å². The number of rotatable bonds is 5. The number of para-hydroxylation sites is 2. The topological polar surface area (TPSA) is 16.4 Å². The predicted octanol–water partition coefficient (Wildman–Crippen LogP) is 11.4. The Morgan fingerprint density at radius 1 is 0.424 bits per heavy atom. The summed E-state index contributed by atoms with van der Waals surface area (Å²) < 4.78 is 6.25. The summed E-state index contributed by atoms with van der Waals surface area (Å²) in [6, 6.07) is 84.4. The zero-order valence-electron chi connectivity index (χ0n) is 36.2. The molecule has 10 aromatic carbocycles. The van der Waals surface area contributed by atoms with Gasteiger partial charge in [-0.2, -0.15) is 0 Å². The maximum absolute atomic E-state index is 6.25. The Kier molecular flexibility index (Phi) is 8.28. The number of nitrogens with zero attached hydrogens (tertiary/aromatic N) is 1. The summed E-state index contributed by atoms with van der Waals surface area (Å²) in [6.45, 7) is 2.28. The summed E-state index contributed by atoms with van der Waals surface area (Å²) in [5, 5.41) is 8.04. The summed E-state index contributed by atoms with van der Waals surface area (Å²) in [4.78, 5) is 5.24. The van der Waals surface area contributed by atoms with Crippen LogP contribution in [0.5, 0.6) is 0 Å². The van der Waals surface area contributed by atoms with Crippen LogP contribution in [0.1, 0.15) is 5.56 Å². The Balaban J connectivity index is 1.06. The molecular weight excluding hydrogens is 834 g/mol. The first-order valence-corrected chi connectivity index (χ1v) is 25.7. The number of hydrogen-bond acceptors (Lipinski definition) is 3. The third kappa shape index (κ3) is 5.39. The Morgan fingerprint density at radius 3 is 1.88 bits per heavy atom. The van der Waals surface area contributed by atoms with Crippen molar-refractivity contribution in [2.45, 2.75) is 16.7 Å². The van der Waals surface area contributed by atoms with E-state index in [0.29, 0.717) is 0 Å². The number of benzene rings is 10. The molecule has 2 nitrogen and oxygen atoms in total. The minimum atomic E-state index is -2.80. The van der Waals surface area contributed by atoms with Crippen LogP contribution < -0.4 is 42.0 Å². The molecule has 0 saturated carbocycles. The van der Waals surface area contributed by atoms with Crippen molar-refractivity contribution in [3.8, 4) is 33.4 Å². The van der Waals surface area contributed by atoms with E-state index < -0.39 is 8.07 Å². The molecular formula is C61H40BNOSSi. The lowest BCUT2D eigenvalue weighted by Gasteiger charge is -2.42. The smallest absolute Gasteiger partial charge is 0.249 e. The van der Waals surface area contributed by atoms with E-state index in [1.165, 1.54) is 103 Å². The van der Waals surface area contributed by atoms with E-state index in [-0.39, 0.29) is 6.71 Å². The van der Waals surface area contributed by atoms with Gasteiger partial charge in [0.1, 0.15) is 11.2 Å². The molecule has 0 radical (unpaired) electrons. The van der Waals surface area contributed by atoms with Crippen LogP contribution in [0.2, 0.25) is 0 Å². The molecule has 0 fully saturated rings. The number of furan rings is 1. The van der Waals surface area contributed by atoms with Crippen LogP contribution in [-0.2, 0) is 0 Å². The van der Waals surface area contributed by atoms with Crippen molar-refractivity contribution in [1.82, 2.24) is 0 Å². The zero-order valence-corrected chi connectivity index (χ0v) is 38.0. The normalized spacial score (nSPS) is 13.8. The second-order valence-electron chi connectivity index (χ2n) is 18.0. The molecule has 0 saturated heterocycles. The molecule has 11 aromatic rings. The summed E-state index contributed by atoms with van der Waals surface area (Å²) in [6.07, 6.45) is 0. The first-order valence-electron chi connectivity index (χ1n) is 22.9. The molecule has 3 aliphatic heterocycles. The average molecular weight is 874 g/mol. The molecule has 0 amide bonds. The summed E-state index contributed by atoms with van der Waals surface area (Å²) >= 11 is 1.93. The van der Waals surface area contributed by atoms with Gasteiger partial charge in [0, 0.05) is 37.5 Å². The van der Waals surface area contributed by atoms with Gasteiger partial charge < -0.3 is 9.32 Å². The number of aryl methyl sites for hydroxylation is 1. The molecule has 3 aliphatic rings. The molecule has 0 bridgehead atoms. The van der Waals surface area contributed by atoms with Crippen LogP contribution in [0.4, 0.5) is 17.1 Å². The first-order chi connectivity index (χ1) is 32.6. The predicted molar refractivity (Wildman–Crippen MR) is 282 cm³/mol. The van der Waals surface area contributed by atoms with Gasteiger partial charge in [-0.25, -0.2) is 0 Å². The molecule has 4 heterocycles. The van der Waals surface area contributed by atoms with Gasteiger partial charge in [0.15, 0.2) is 8.07 Å². The fourth-order valence-corrected chi connectivity index (χ4v) is 18.2. The minimum absolute atomic E-state index is 0.0172. The second kappa shape index (κ2) is 14.5. The zero-order chi connectivity index (χ0) is 43.5. The van der Waals surface area contributed by atoms with Crippen molar-refractivity contribution in [3.05, 3.63) is 230 Å². The highest BCUT2D eigenvalue weighted by Crippen LogP contribution is 2.47. The summed E-state index contributed by atoms with van der Waals surface area (Å²) in [5.74, 6) is 0. The molecule has 0 unspecified atom stereocenters. The molecule has 0 spiro atoms. The highest BCUT2D eigenvalue weighted by Gasteiger charge is 2.51. The van der Waals surface area contributed by atoms with Crippen molar-refractivity contribution in [2.75, 3.05) is 4.90 Å². The lowest BCUT2D eigenvalue weighted by Crippen LogP contribution is -2.73. The van der Waals surface area contributed by atoms with Crippen LogP contribution in [-0.4, -0.2) is 14.8 Å². The van der Waals surface area contributed by atoms with Gasteiger partial charge in [0.05, 0.1) is 5.69 Å². The molecule has 0 atom stereocenters. The van der Waals surface area contributed by atoms with Gasteiger partial charge in [-0.1, -0.05) is 193 Å². The van der Waals surface area contributed by atoms with Gasteiger partial charge in [-0.05, 0) is 121 Å². The molecule has 14 rings (SSSR count). The van der Waals surface area contributed by atoms with Crippen LogP contribution >= 0.6 is 11.8 Å². The highest BCUT2D eigenvalue weighted by molar-refractivity contribution is 8.00. The maximum Gasteiger partial charge on any atom is 0.249 e. The van der Waals surface area contributed by atoms with E-state index in [0.717, 1.165) is 21.9 Å². The standard InChI is InChI=1S/C61H40BNOSSi/c1-39-33-54-61-58(34-39)65-57-36-42(41-30-32-56-48(35-41)46-24-12-15-27-55(46)64-56)29-31-50(57)62(61)51-38-60-49(37-53(51)63(54)52-26-14-11-23-45(52)40-17-5-2-6-18-40)47-25-13-16-28-59(47)66(60,43-19-7-3-8-20-43)44-21-9-4-10-22-44/h2-38H,1H3. The number of hydrogen-bond donors (Lipinski definition) is 0. The molecule has 66 heavy (non-hydrogen) atoms. The van der Waals surface area contributed by atoms with E-state index >= 15 is 0 Å². The van der Waals surface area contributed by atoms with E-state index in [1.807, 2.05) is 17.8 Å². The van der Waals surface area contributed by atoms with Crippen molar-refractivity contribution in [2.24, 2.45) is 0 Å². The Morgan fingerprint density at radius 2 is 1.08 bits per heavy atom. The fourth-order valence-electron chi connectivity index (χ4n) is 11.7. The van der Waals surface area contributed by atoms with E-state index in [2.05, 4.69) is 230 Å². The van der Waals surface area contributed by atoms with Gasteiger partial charge in [0.25, 0.3) is 0 Å². The summed E-state index contributed by atoms with van der Waals surface area (Å²) in [5.41, 5.74) is 18.4. The lowest BCUT2D eigenvalue weighted by molar-refractivity contribution is 0.669. The third-order valence-electron chi connectivity index (χ3n) is 14.4. The molecule has 308 valence electrons. The van der Waals surface area contributed by atoms with Crippen LogP contribution in [0.3, 0.4) is 0 Å². The van der Waals surface area contributed by atoms with Gasteiger partial charge in [-0.3, -0.25) is 0 Å². The molecule has 5 heteroatoms. The van der Waals surface area contributed by atoms with E-state index in [4.69, 9.17) is 4.42 Å². The number of fused-ring (bicyclic) bond motifs is 10.